The lowest BCUT2D eigenvalue weighted by atomic mass is 9.81. The lowest BCUT2D eigenvalue weighted by Crippen LogP contribution is -2.31. The molecule has 2 aliphatic rings. The highest BCUT2D eigenvalue weighted by Gasteiger charge is 2.33. The Morgan fingerprint density at radius 1 is 1.38 bits per heavy atom. The molecule has 0 bridgehead atoms. The summed E-state index contributed by atoms with van der Waals surface area (Å²) >= 11 is 0. The first-order chi connectivity index (χ1) is 10.3. The molecule has 0 radical (unpaired) electrons. The van der Waals surface area contributed by atoms with Gasteiger partial charge in [0, 0.05) is 12.7 Å². The number of nitrogens with zero attached hydrogens (tertiary/aromatic N) is 2. The van der Waals surface area contributed by atoms with Gasteiger partial charge in [0.05, 0.1) is 17.9 Å². The maximum atomic E-state index is 9.74. The Morgan fingerprint density at radius 3 is 2.95 bits per heavy atom. The number of nitriles is 1. The number of hydrogen-bond donors (Lipinski definition) is 0. The van der Waals surface area contributed by atoms with Crippen LogP contribution in [0.2, 0.25) is 0 Å². The standard InChI is InChI=1S/C18H22N2O/c1-2-3-10-20-13-14-7-4-5-8-15(14)16(12-19)18(20)17-9-6-11-21-17/h6,9,11,13,18H,2-5,7-8,10H2,1H3. The number of unbranched alkanes of at least 4 members (excludes halogenated alkanes) is 1. The molecule has 0 aromatic carbocycles. The maximum absolute atomic E-state index is 9.74. The van der Waals surface area contributed by atoms with E-state index in [2.05, 4.69) is 24.1 Å². The number of furan rings is 1. The van der Waals surface area contributed by atoms with Crippen LogP contribution in [-0.2, 0) is 0 Å². The Labute approximate surface area is 126 Å². The third-order valence-electron chi connectivity index (χ3n) is 4.47. The van der Waals surface area contributed by atoms with Gasteiger partial charge in [0.1, 0.15) is 11.8 Å². The molecule has 1 fully saturated rings. The van der Waals surface area contributed by atoms with Gasteiger partial charge in [-0.1, -0.05) is 13.3 Å². The molecule has 1 aliphatic heterocycles. The van der Waals surface area contributed by atoms with Crippen molar-refractivity contribution in [2.75, 3.05) is 6.54 Å². The molecule has 1 unspecified atom stereocenters. The second-order valence-corrected chi connectivity index (χ2v) is 5.87. The zero-order chi connectivity index (χ0) is 14.7. The third-order valence-corrected chi connectivity index (χ3v) is 4.47. The van der Waals surface area contributed by atoms with E-state index < -0.39 is 0 Å². The van der Waals surface area contributed by atoms with E-state index in [0.717, 1.165) is 43.6 Å². The van der Waals surface area contributed by atoms with Gasteiger partial charge in [-0.15, -0.1) is 0 Å². The highest BCUT2D eigenvalue weighted by Crippen LogP contribution is 2.42. The van der Waals surface area contributed by atoms with E-state index >= 15 is 0 Å². The summed E-state index contributed by atoms with van der Waals surface area (Å²) in [6.07, 6.45) is 10.9. The van der Waals surface area contributed by atoms with Crippen molar-refractivity contribution >= 4 is 0 Å². The van der Waals surface area contributed by atoms with Crippen molar-refractivity contribution in [2.24, 2.45) is 0 Å². The fourth-order valence-electron chi connectivity index (χ4n) is 3.40. The lowest BCUT2D eigenvalue weighted by molar-refractivity contribution is 0.265. The Hall–Kier alpha value is -1.95. The van der Waals surface area contributed by atoms with Gasteiger partial charge >= 0.3 is 0 Å². The van der Waals surface area contributed by atoms with Crippen LogP contribution < -0.4 is 0 Å². The van der Waals surface area contributed by atoms with Gasteiger partial charge < -0.3 is 9.32 Å². The lowest BCUT2D eigenvalue weighted by Gasteiger charge is -2.37. The molecule has 0 spiro atoms. The van der Waals surface area contributed by atoms with Crippen molar-refractivity contribution in [3.05, 3.63) is 47.1 Å². The first-order valence-electron chi connectivity index (χ1n) is 7.98. The molecule has 3 nitrogen and oxygen atoms in total. The van der Waals surface area contributed by atoms with Gasteiger partial charge in [0.2, 0.25) is 0 Å². The van der Waals surface area contributed by atoms with Crippen molar-refractivity contribution in [1.29, 1.82) is 5.26 Å². The molecular formula is C18H22N2O. The van der Waals surface area contributed by atoms with Crippen molar-refractivity contribution in [3.8, 4) is 6.07 Å². The molecule has 21 heavy (non-hydrogen) atoms. The molecule has 1 atom stereocenters. The normalized spacial score (nSPS) is 21.8. The van der Waals surface area contributed by atoms with E-state index in [9.17, 15) is 5.26 Å². The first-order valence-corrected chi connectivity index (χ1v) is 7.98. The van der Waals surface area contributed by atoms with Gasteiger partial charge in [-0.25, -0.2) is 0 Å². The molecule has 1 aromatic heterocycles. The predicted molar refractivity (Wildman–Crippen MR) is 82.3 cm³/mol. The Morgan fingerprint density at radius 2 is 2.24 bits per heavy atom. The summed E-state index contributed by atoms with van der Waals surface area (Å²) in [6, 6.07) is 6.35. The monoisotopic (exact) mass is 282 g/mol. The van der Waals surface area contributed by atoms with Crippen molar-refractivity contribution in [1.82, 2.24) is 4.90 Å². The molecule has 1 aliphatic carbocycles. The molecular weight excluding hydrogens is 260 g/mol. The van der Waals surface area contributed by atoms with Crippen LogP contribution in [-0.4, -0.2) is 11.4 Å². The Bertz CT molecular complexity index is 589. The second-order valence-electron chi connectivity index (χ2n) is 5.87. The van der Waals surface area contributed by atoms with Crippen molar-refractivity contribution < 1.29 is 4.42 Å². The predicted octanol–water partition coefficient (Wildman–Crippen LogP) is 4.71. The molecule has 3 rings (SSSR count). The minimum absolute atomic E-state index is 0.0339. The smallest absolute Gasteiger partial charge is 0.131 e. The molecule has 1 saturated carbocycles. The Kier molecular flexibility index (Phi) is 4.15. The molecule has 0 N–H and O–H groups in total. The SMILES string of the molecule is CCCCN1C=C2CCCCC2=C(C#N)C1c1ccco1. The summed E-state index contributed by atoms with van der Waals surface area (Å²) in [5.74, 6) is 0.885. The van der Waals surface area contributed by atoms with Crippen LogP contribution in [0.3, 0.4) is 0 Å². The molecule has 1 aromatic rings. The molecule has 2 heterocycles. The van der Waals surface area contributed by atoms with Crippen molar-refractivity contribution in [2.45, 2.75) is 51.5 Å². The first kappa shape index (κ1) is 14.0. The van der Waals surface area contributed by atoms with E-state index in [1.165, 1.54) is 24.0 Å². The fourth-order valence-corrected chi connectivity index (χ4v) is 3.40. The van der Waals surface area contributed by atoms with E-state index in [1.54, 1.807) is 6.26 Å². The average molecular weight is 282 g/mol. The van der Waals surface area contributed by atoms with Gasteiger partial charge in [0.25, 0.3) is 0 Å². The number of hydrogen-bond acceptors (Lipinski definition) is 3. The van der Waals surface area contributed by atoms with Crippen molar-refractivity contribution in [3.63, 3.8) is 0 Å². The van der Waals surface area contributed by atoms with Gasteiger partial charge in [-0.05, 0) is 55.4 Å². The quantitative estimate of drug-likeness (QED) is 0.802. The zero-order valence-corrected chi connectivity index (χ0v) is 12.6. The van der Waals surface area contributed by atoms with Crippen LogP contribution in [0.15, 0.2) is 45.7 Å². The highest BCUT2D eigenvalue weighted by atomic mass is 16.3. The van der Waals surface area contributed by atoms with E-state index in [0.29, 0.717) is 0 Å². The van der Waals surface area contributed by atoms with Crippen LogP contribution in [0.25, 0.3) is 0 Å². The molecule has 0 saturated heterocycles. The van der Waals surface area contributed by atoms with E-state index in [-0.39, 0.29) is 6.04 Å². The summed E-state index contributed by atoms with van der Waals surface area (Å²) in [4.78, 5) is 2.31. The second kappa shape index (κ2) is 6.22. The summed E-state index contributed by atoms with van der Waals surface area (Å²) in [7, 11) is 0. The van der Waals surface area contributed by atoms with Crippen LogP contribution >= 0.6 is 0 Å². The van der Waals surface area contributed by atoms with Gasteiger partial charge in [-0.3, -0.25) is 0 Å². The average Bonchev–Trinajstić information content (AvgIpc) is 3.05. The maximum Gasteiger partial charge on any atom is 0.131 e. The minimum atomic E-state index is -0.0339. The number of fused-ring (bicyclic) bond motifs is 1. The largest absolute Gasteiger partial charge is 0.467 e. The Balaban J connectivity index is 2.02. The van der Waals surface area contributed by atoms with Crippen LogP contribution in [0, 0.1) is 11.3 Å². The van der Waals surface area contributed by atoms with Crippen LogP contribution in [0.4, 0.5) is 0 Å². The van der Waals surface area contributed by atoms with E-state index in [1.807, 2.05) is 12.1 Å². The third kappa shape index (κ3) is 2.63. The van der Waals surface area contributed by atoms with Crippen LogP contribution in [0.5, 0.6) is 0 Å². The minimum Gasteiger partial charge on any atom is -0.467 e. The summed E-state index contributed by atoms with van der Waals surface area (Å²) in [5.41, 5.74) is 3.55. The van der Waals surface area contributed by atoms with E-state index in [4.69, 9.17) is 4.42 Å². The molecule has 110 valence electrons. The summed E-state index contributed by atoms with van der Waals surface area (Å²) in [5, 5.41) is 9.74. The number of rotatable bonds is 4. The van der Waals surface area contributed by atoms with Crippen LogP contribution in [0.1, 0.15) is 57.3 Å². The topological polar surface area (TPSA) is 40.2 Å². The number of allylic oxidation sites excluding steroid dienone is 2. The molecule has 0 amide bonds. The summed E-state index contributed by atoms with van der Waals surface area (Å²) < 4.78 is 5.64. The highest BCUT2D eigenvalue weighted by molar-refractivity contribution is 5.49. The summed E-state index contributed by atoms with van der Waals surface area (Å²) in [6.45, 7) is 3.18. The molecule has 3 heteroatoms. The van der Waals surface area contributed by atoms with Gasteiger partial charge in [-0.2, -0.15) is 5.26 Å². The van der Waals surface area contributed by atoms with Gasteiger partial charge in [0.15, 0.2) is 0 Å². The zero-order valence-electron chi connectivity index (χ0n) is 12.6. The fraction of sp³-hybridized carbons (Fsp3) is 0.500.